The second kappa shape index (κ2) is 3.54. The second-order valence-electron chi connectivity index (χ2n) is 2.53. The summed E-state index contributed by atoms with van der Waals surface area (Å²) in [6.07, 6.45) is 2.86. The van der Waals surface area contributed by atoms with Gasteiger partial charge in [-0.25, -0.2) is 10.1 Å². The summed E-state index contributed by atoms with van der Waals surface area (Å²) in [5.74, 6) is 0.105. The molecule has 2 rings (SSSR count). The molecular formula is C7H7N5OS. The van der Waals surface area contributed by atoms with Crippen LogP contribution in [-0.4, -0.2) is 26.1 Å². The highest BCUT2D eigenvalue weighted by atomic mass is 32.1. The molecule has 0 aliphatic rings. The highest BCUT2D eigenvalue weighted by Crippen LogP contribution is 2.12. The lowest BCUT2D eigenvalue weighted by atomic mass is 10.5. The number of aryl methyl sites for hydroxylation is 1. The van der Waals surface area contributed by atoms with Crippen LogP contribution in [0, 0.1) is 6.92 Å². The fourth-order valence-corrected chi connectivity index (χ4v) is 1.57. The first kappa shape index (κ1) is 8.82. The number of nitrogens with one attached hydrogen (secondary N) is 2. The molecule has 2 heterocycles. The molecule has 0 saturated carbocycles. The Morgan fingerprint density at radius 1 is 1.57 bits per heavy atom. The molecule has 2 aromatic rings. The van der Waals surface area contributed by atoms with Gasteiger partial charge in [0.1, 0.15) is 11.2 Å². The third-order valence-electron chi connectivity index (χ3n) is 1.49. The Hall–Kier alpha value is -1.76. The monoisotopic (exact) mass is 209 g/mol. The lowest BCUT2D eigenvalue weighted by molar-refractivity contribution is 0.102. The first-order valence-electron chi connectivity index (χ1n) is 3.85. The number of rotatable bonds is 2. The van der Waals surface area contributed by atoms with Gasteiger partial charge in [0.05, 0.1) is 11.2 Å². The Labute approximate surface area is 83.4 Å². The number of hydrogen-bond acceptors (Lipinski definition) is 5. The van der Waals surface area contributed by atoms with Gasteiger partial charge in [0.25, 0.3) is 5.91 Å². The molecule has 0 aromatic carbocycles. The minimum atomic E-state index is -0.229. The number of aromatic amines is 1. The van der Waals surface area contributed by atoms with E-state index in [2.05, 4.69) is 25.5 Å². The van der Waals surface area contributed by atoms with Crippen LogP contribution in [-0.2, 0) is 0 Å². The molecule has 0 fully saturated rings. The number of aromatic nitrogens is 4. The van der Waals surface area contributed by atoms with Crippen LogP contribution in [0.25, 0.3) is 0 Å². The van der Waals surface area contributed by atoms with Crippen LogP contribution in [0.3, 0.4) is 0 Å². The summed E-state index contributed by atoms with van der Waals surface area (Å²) in [5.41, 5.74) is 0. The van der Waals surface area contributed by atoms with E-state index in [0.717, 1.165) is 5.01 Å². The quantitative estimate of drug-likeness (QED) is 0.767. The zero-order valence-electron chi connectivity index (χ0n) is 7.31. The van der Waals surface area contributed by atoms with Crippen molar-refractivity contribution in [3.63, 3.8) is 0 Å². The molecule has 0 atom stereocenters. The Bertz CT molecular complexity index is 435. The second-order valence-corrected chi connectivity index (χ2v) is 3.77. The van der Waals surface area contributed by atoms with E-state index >= 15 is 0 Å². The number of carbonyl (C=O) groups is 1. The van der Waals surface area contributed by atoms with Gasteiger partial charge in [-0.05, 0) is 6.92 Å². The number of nitrogens with zero attached hydrogens (tertiary/aromatic N) is 3. The molecule has 0 spiro atoms. The van der Waals surface area contributed by atoms with Crippen molar-refractivity contribution < 1.29 is 4.79 Å². The average molecular weight is 209 g/mol. The summed E-state index contributed by atoms with van der Waals surface area (Å²) in [6.45, 7) is 1.84. The Balaban J connectivity index is 2.10. The van der Waals surface area contributed by atoms with Crippen molar-refractivity contribution in [2.24, 2.45) is 0 Å². The Morgan fingerprint density at radius 3 is 3.00 bits per heavy atom. The van der Waals surface area contributed by atoms with Gasteiger partial charge in [-0.3, -0.25) is 10.1 Å². The molecule has 0 saturated heterocycles. The van der Waals surface area contributed by atoms with Crippen molar-refractivity contribution in [2.75, 3.05) is 5.32 Å². The number of amides is 1. The van der Waals surface area contributed by atoms with Crippen LogP contribution in [0.1, 0.15) is 14.7 Å². The standard InChI is InChI=1S/C7H7N5OS/c1-4-8-2-5(14-4)6(13)11-7-9-3-10-12-7/h2-3H,1H3,(H2,9,10,11,12,13). The maximum absolute atomic E-state index is 11.5. The van der Waals surface area contributed by atoms with Gasteiger partial charge in [-0.2, -0.15) is 10.1 Å². The van der Waals surface area contributed by atoms with Crippen LogP contribution in [0.2, 0.25) is 0 Å². The van der Waals surface area contributed by atoms with Gasteiger partial charge in [-0.1, -0.05) is 0 Å². The molecule has 0 aliphatic heterocycles. The van der Waals surface area contributed by atoms with Gasteiger partial charge >= 0.3 is 0 Å². The largest absolute Gasteiger partial charge is 0.290 e. The van der Waals surface area contributed by atoms with Crippen molar-refractivity contribution in [1.29, 1.82) is 0 Å². The predicted molar refractivity (Wildman–Crippen MR) is 51.2 cm³/mol. The minimum Gasteiger partial charge on any atom is -0.290 e. The number of thiazole rings is 1. The summed E-state index contributed by atoms with van der Waals surface area (Å²) < 4.78 is 0. The smallest absolute Gasteiger partial charge is 0.269 e. The Kier molecular flexibility index (Phi) is 2.23. The van der Waals surface area contributed by atoms with E-state index in [1.807, 2.05) is 6.92 Å². The fourth-order valence-electron chi connectivity index (χ4n) is 0.901. The van der Waals surface area contributed by atoms with Crippen molar-refractivity contribution in [3.05, 3.63) is 22.4 Å². The fraction of sp³-hybridized carbons (Fsp3) is 0.143. The van der Waals surface area contributed by atoms with Crippen LogP contribution in [0.4, 0.5) is 5.95 Å². The molecule has 72 valence electrons. The highest BCUT2D eigenvalue weighted by molar-refractivity contribution is 7.13. The molecule has 7 heteroatoms. The number of hydrogen-bond donors (Lipinski definition) is 2. The van der Waals surface area contributed by atoms with E-state index in [0.29, 0.717) is 10.8 Å². The molecule has 0 bridgehead atoms. The van der Waals surface area contributed by atoms with E-state index < -0.39 is 0 Å². The van der Waals surface area contributed by atoms with Gasteiger partial charge < -0.3 is 0 Å². The molecule has 0 unspecified atom stereocenters. The predicted octanol–water partition coefficient (Wildman–Crippen LogP) is 0.822. The highest BCUT2D eigenvalue weighted by Gasteiger charge is 2.09. The van der Waals surface area contributed by atoms with Gasteiger partial charge in [0.2, 0.25) is 5.95 Å². The lowest BCUT2D eigenvalue weighted by Crippen LogP contribution is -2.11. The summed E-state index contributed by atoms with van der Waals surface area (Å²) in [6, 6.07) is 0. The summed E-state index contributed by atoms with van der Waals surface area (Å²) in [4.78, 5) is 19.8. The van der Waals surface area contributed by atoms with Crippen LogP contribution < -0.4 is 5.32 Å². The van der Waals surface area contributed by atoms with Gasteiger partial charge in [0, 0.05) is 0 Å². The third-order valence-corrected chi connectivity index (χ3v) is 2.40. The molecular weight excluding hydrogens is 202 g/mol. The SMILES string of the molecule is Cc1ncc(C(=O)Nc2ncn[nH]2)s1. The maximum atomic E-state index is 11.5. The number of carbonyl (C=O) groups excluding carboxylic acids is 1. The maximum Gasteiger partial charge on any atom is 0.269 e. The Morgan fingerprint density at radius 2 is 2.43 bits per heavy atom. The first-order chi connectivity index (χ1) is 6.75. The molecule has 2 N–H and O–H groups in total. The third kappa shape index (κ3) is 1.77. The summed E-state index contributed by atoms with van der Waals surface area (Å²) >= 11 is 1.33. The number of H-pyrrole nitrogens is 1. The van der Waals surface area contributed by atoms with Crippen molar-refractivity contribution in [3.8, 4) is 0 Å². The van der Waals surface area contributed by atoms with Crippen LogP contribution in [0.15, 0.2) is 12.5 Å². The zero-order chi connectivity index (χ0) is 9.97. The first-order valence-corrected chi connectivity index (χ1v) is 4.66. The lowest BCUT2D eigenvalue weighted by Gasteiger charge is -1.95. The van der Waals surface area contributed by atoms with Crippen molar-refractivity contribution in [1.82, 2.24) is 20.2 Å². The molecule has 0 aliphatic carbocycles. The van der Waals surface area contributed by atoms with Crippen molar-refractivity contribution >= 4 is 23.2 Å². The molecule has 0 radical (unpaired) electrons. The zero-order valence-corrected chi connectivity index (χ0v) is 8.13. The molecule has 6 nitrogen and oxygen atoms in total. The van der Waals surface area contributed by atoms with E-state index in [1.165, 1.54) is 23.9 Å². The molecule has 1 amide bonds. The van der Waals surface area contributed by atoms with Gasteiger partial charge in [0.15, 0.2) is 0 Å². The molecule has 2 aromatic heterocycles. The summed E-state index contributed by atoms with van der Waals surface area (Å²) in [7, 11) is 0. The van der Waals surface area contributed by atoms with E-state index in [-0.39, 0.29) is 5.91 Å². The topological polar surface area (TPSA) is 83.6 Å². The van der Waals surface area contributed by atoms with Gasteiger partial charge in [-0.15, -0.1) is 11.3 Å². The average Bonchev–Trinajstić information content (AvgIpc) is 2.75. The molecule has 14 heavy (non-hydrogen) atoms. The van der Waals surface area contributed by atoms with E-state index in [1.54, 1.807) is 0 Å². The van der Waals surface area contributed by atoms with E-state index in [9.17, 15) is 4.79 Å². The van der Waals surface area contributed by atoms with E-state index in [4.69, 9.17) is 0 Å². The number of anilines is 1. The minimum absolute atomic E-state index is 0.229. The normalized spacial score (nSPS) is 10.1. The van der Waals surface area contributed by atoms with Crippen LogP contribution >= 0.6 is 11.3 Å². The van der Waals surface area contributed by atoms with Crippen molar-refractivity contribution in [2.45, 2.75) is 6.92 Å². The van der Waals surface area contributed by atoms with Crippen LogP contribution in [0.5, 0.6) is 0 Å². The summed E-state index contributed by atoms with van der Waals surface area (Å²) in [5, 5.41) is 9.56.